The number of fused-ring (bicyclic) bond motifs is 1. The maximum absolute atomic E-state index is 12.3. The number of aliphatic hydroxyl groups is 2. The van der Waals surface area contributed by atoms with Crippen molar-refractivity contribution < 1.29 is 42.1 Å². The minimum Gasteiger partial charge on any atom is -0.397 e. The highest BCUT2D eigenvalue weighted by atomic mass is 32.2. The van der Waals surface area contributed by atoms with Crippen molar-refractivity contribution in [1.29, 1.82) is 0 Å². The third-order valence-electron chi connectivity index (χ3n) is 5.71. The van der Waals surface area contributed by atoms with E-state index in [1.54, 1.807) is 4.72 Å². The van der Waals surface area contributed by atoms with E-state index in [4.69, 9.17) is 14.7 Å². The molecule has 5 N–H and O–H groups in total. The zero-order chi connectivity index (χ0) is 27.6. The second-order valence-electron chi connectivity index (χ2n) is 8.23. The smallest absolute Gasteiger partial charge is 0.362 e. The summed E-state index contributed by atoms with van der Waals surface area (Å²) in [5, 5.41) is 31.8. The molecule has 38 heavy (non-hydrogen) atoms. The van der Waals surface area contributed by atoms with Crippen LogP contribution >= 0.6 is 0 Å². The van der Waals surface area contributed by atoms with Crippen molar-refractivity contribution >= 4 is 44.5 Å². The Hall–Kier alpha value is -4.03. The second kappa shape index (κ2) is 10.8. The van der Waals surface area contributed by atoms with Gasteiger partial charge in [0.2, 0.25) is 5.91 Å². The van der Waals surface area contributed by atoms with E-state index in [9.17, 15) is 38.3 Å². The highest BCUT2D eigenvalue weighted by molar-refractivity contribution is 7.85. The standard InChI is InChI=1S/C21H22N6O10S/c22-12-7-8-23-20-17(12)24-10-26(20)21-19(31)18(30)15(37-21)9-36-38(34,35)25-16(29)6-5-14(28)11-3-1-2-4-13(11)27(32)33/h1-4,7-8,10,15,18-19,21,30-31H,5-6,9H2,(H2,22,23)(H,25,29)/t15-,18-,19-,21-/m1/s1. The molecule has 1 aliphatic rings. The summed E-state index contributed by atoms with van der Waals surface area (Å²) in [6.45, 7) is -0.769. The lowest BCUT2D eigenvalue weighted by molar-refractivity contribution is -0.385. The zero-order valence-corrected chi connectivity index (χ0v) is 20.2. The van der Waals surface area contributed by atoms with E-state index in [1.165, 1.54) is 41.4 Å². The molecule has 0 bridgehead atoms. The van der Waals surface area contributed by atoms with Crippen molar-refractivity contribution in [3.63, 3.8) is 0 Å². The predicted molar refractivity (Wildman–Crippen MR) is 128 cm³/mol. The normalized spacial score (nSPS) is 21.4. The molecule has 1 fully saturated rings. The number of nitrogen functional groups attached to an aromatic ring is 1. The third-order valence-corrected chi connectivity index (χ3v) is 6.63. The number of benzene rings is 1. The van der Waals surface area contributed by atoms with Crippen LogP contribution in [0.2, 0.25) is 0 Å². The molecule has 1 saturated heterocycles. The van der Waals surface area contributed by atoms with Gasteiger partial charge < -0.3 is 20.7 Å². The number of carbonyl (C=O) groups excluding carboxylic acids is 2. The number of hydrogen-bond donors (Lipinski definition) is 4. The van der Waals surface area contributed by atoms with Crippen LogP contribution in [0, 0.1) is 10.1 Å². The van der Waals surface area contributed by atoms with Gasteiger partial charge in [0, 0.05) is 25.1 Å². The largest absolute Gasteiger partial charge is 0.397 e. The SMILES string of the molecule is Nc1ccnc2c1ncn2[C@@H]1O[C@H](COS(=O)(=O)NC(=O)CCC(=O)c2ccccc2[N+](=O)[O-])[C@@H](O)[C@H]1O. The number of nitrogens with zero attached hydrogens (tertiary/aromatic N) is 4. The number of anilines is 1. The van der Waals surface area contributed by atoms with Gasteiger partial charge in [-0.05, 0) is 12.1 Å². The molecule has 17 heteroatoms. The summed E-state index contributed by atoms with van der Waals surface area (Å²) in [4.78, 5) is 42.9. The highest BCUT2D eigenvalue weighted by Gasteiger charge is 2.45. The predicted octanol–water partition coefficient (Wildman–Crippen LogP) is -0.418. The van der Waals surface area contributed by atoms with E-state index in [2.05, 4.69) is 9.97 Å². The first-order valence-electron chi connectivity index (χ1n) is 11.0. The van der Waals surface area contributed by atoms with Gasteiger partial charge in [0.25, 0.3) is 5.69 Å². The first kappa shape index (κ1) is 27.0. The number of imidazole rings is 1. The van der Waals surface area contributed by atoms with Crippen molar-refractivity contribution in [3.8, 4) is 0 Å². The average molecular weight is 551 g/mol. The van der Waals surface area contributed by atoms with Crippen molar-refractivity contribution in [3.05, 3.63) is 58.5 Å². The number of nitrogens with two attached hydrogens (primary N) is 1. The Balaban J connectivity index is 1.32. The Morgan fingerprint density at radius 2 is 1.92 bits per heavy atom. The summed E-state index contributed by atoms with van der Waals surface area (Å²) >= 11 is 0. The van der Waals surface area contributed by atoms with Crippen LogP contribution in [0.1, 0.15) is 29.4 Å². The number of ketones is 1. The van der Waals surface area contributed by atoms with Crippen molar-refractivity contribution in [1.82, 2.24) is 19.3 Å². The molecule has 0 spiro atoms. The Labute approximate surface area is 214 Å². The number of Topliss-reactive ketones (excluding diaryl/α,β-unsaturated/α-hetero) is 1. The van der Waals surface area contributed by atoms with Gasteiger partial charge in [-0.1, -0.05) is 12.1 Å². The molecule has 0 unspecified atom stereocenters. The Morgan fingerprint density at radius 1 is 1.18 bits per heavy atom. The molecule has 0 radical (unpaired) electrons. The van der Waals surface area contributed by atoms with Gasteiger partial charge in [0.1, 0.15) is 23.8 Å². The first-order chi connectivity index (χ1) is 18.0. The third kappa shape index (κ3) is 5.60. The minimum atomic E-state index is -4.69. The number of para-hydroxylation sites is 1. The molecular weight excluding hydrogens is 528 g/mol. The lowest BCUT2D eigenvalue weighted by Crippen LogP contribution is -2.37. The lowest BCUT2D eigenvalue weighted by Gasteiger charge is -2.16. The fourth-order valence-electron chi connectivity index (χ4n) is 3.84. The van der Waals surface area contributed by atoms with E-state index in [0.717, 1.165) is 6.07 Å². The first-order valence-corrected chi connectivity index (χ1v) is 12.4. The molecule has 4 rings (SSSR count). The van der Waals surface area contributed by atoms with Gasteiger partial charge in [-0.25, -0.2) is 14.7 Å². The monoisotopic (exact) mass is 550 g/mol. The summed E-state index contributed by atoms with van der Waals surface area (Å²) in [6.07, 6.45) is -3.97. The van der Waals surface area contributed by atoms with E-state index in [-0.39, 0.29) is 11.2 Å². The Bertz CT molecular complexity index is 1490. The number of nitrogens with one attached hydrogen (secondary N) is 1. The molecular formula is C21H22N6O10S. The number of ether oxygens (including phenoxy) is 1. The molecule has 3 heterocycles. The molecule has 1 aliphatic heterocycles. The van der Waals surface area contributed by atoms with Gasteiger partial charge in [0.05, 0.1) is 29.1 Å². The maximum atomic E-state index is 12.3. The summed E-state index contributed by atoms with van der Waals surface area (Å²) in [7, 11) is -4.69. The molecule has 1 aromatic carbocycles. The van der Waals surface area contributed by atoms with Crippen LogP contribution in [0.3, 0.4) is 0 Å². The van der Waals surface area contributed by atoms with E-state index in [1.807, 2.05) is 0 Å². The van der Waals surface area contributed by atoms with E-state index >= 15 is 0 Å². The fraction of sp³-hybridized carbons (Fsp3) is 0.333. The summed E-state index contributed by atoms with van der Waals surface area (Å²) < 4.78 is 37.6. The van der Waals surface area contributed by atoms with Crippen LogP contribution in [0.5, 0.6) is 0 Å². The van der Waals surface area contributed by atoms with Crippen LogP contribution in [-0.2, 0) is 24.0 Å². The summed E-state index contributed by atoms with van der Waals surface area (Å²) in [5.41, 5.74) is 6.12. The molecule has 16 nitrogen and oxygen atoms in total. The fourth-order valence-corrected chi connectivity index (χ4v) is 4.60. The summed E-state index contributed by atoms with van der Waals surface area (Å²) in [5.74, 6) is -1.83. The average Bonchev–Trinajstić information content (AvgIpc) is 3.42. The lowest BCUT2D eigenvalue weighted by atomic mass is 10.0. The second-order valence-corrected chi connectivity index (χ2v) is 9.58. The van der Waals surface area contributed by atoms with Crippen molar-refractivity contribution in [2.75, 3.05) is 12.3 Å². The molecule has 2 aromatic heterocycles. The number of hydrogen-bond acceptors (Lipinski definition) is 13. The molecule has 3 aromatic rings. The van der Waals surface area contributed by atoms with Crippen LogP contribution in [0.25, 0.3) is 11.2 Å². The topological polar surface area (TPSA) is 239 Å². The maximum Gasteiger partial charge on any atom is 0.362 e. The quantitative estimate of drug-likeness (QED) is 0.143. The van der Waals surface area contributed by atoms with Gasteiger partial charge in [-0.15, -0.1) is 0 Å². The Morgan fingerprint density at radius 3 is 2.66 bits per heavy atom. The summed E-state index contributed by atoms with van der Waals surface area (Å²) in [6, 6.07) is 6.68. The number of nitro benzene ring substituents is 1. The van der Waals surface area contributed by atoms with Crippen LogP contribution in [-0.4, -0.2) is 74.7 Å². The number of carbonyl (C=O) groups is 2. The number of pyridine rings is 1. The van der Waals surface area contributed by atoms with Gasteiger partial charge in [-0.3, -0.25) is 28.5 Å². The van der Waals surface area contributed by atoms with Crippen LogP contribution < -0.4 is 10.5 Å². The number of aliphatic hydroxyl groups excluding tert-OH is 2. The molecule has 0 saturated carbocycles. The number of amides is 1. The van der Waals surface area contributed by atoms with Gasteiger partial charge >= 0.3 is 10.3 Å². The minimum absolute atomic E-state index is 0.214. The number of rotatable bonds is 10. The molecule has 202 valence electrons. The Kier molecular flexibility index (Phi) is 7.65. The van der Waals surface area contributed by atoms with E-state index in [0.29, 0.717) is 11.2 Å². The van der Waals surface area contributed by atoms with Crippen molar-refractivity contribution in [2.24, 2.45) is 0 Å². The van der Waals surface area contributed by atoms with Crippen LogP contribution in [0.15, 0.2) is 42.9 Å². The van der Waals surface area contributed by atoms with E-state index < -0.39 is 76.6 Å². The zero-order valence-electron chi connectivity index (χ0n) is 19.4. The molecule has 0 aliphatic carbocycles. The van der Waals surface area contributed by atoms with Crippen LogP contribution in [0.4, 0.5) is 11.4 Å². The van der Waals surface area contributed by atoms with Gasteiger partial charge in [0.15, 0.2) is 17.7 Å². The molecule has 4 atom stereocenters. The molecule has 1 amide bonds. The number of nitro groups is 1. The highest BCUT2D eigenvalue weighted by Crippen LogP contribution is 2.32. The van der Waals surface area contributed by atoms with Gasteiger partial charge in [-0.2, -0.15) is 8.42 Å². The van der Waals surface area contributed by atoms with Crippen molar-refractivity contribution in [2.45, 2.75) is 37.4 Å². The number of aromatic nitrogens is 3.